The summed E-state index contributed by atoms with van der Waals surface area (Å²) in [5.41, 5.74) is 0. The van der Waals surface area contributed by atoms with Crippen LogP contribution in [0.4, 0.5) is 0 Å². The van der Waals surface area contributed by atoms with Crippen molar-refractivity contribution in [1.82, 2.24) is 10.2 Å². The predicted molar refractivity (Wildman–Crippen MR) is 79.1 cm³/mol. The van der Waals surface area contributed by atoms with E-state index in [0.29, 0.717) is 0 Å². The molecule has 0 spiro atoms. The first-order chi connectivity index (χ1) is 9.29. The zero-order chi connectivity index (χ0) is 12.8. The van der Waals surface area contributed by atoms with E-state index >= 15 is 0 Å². The lowest BCUT2D eigenvalue weighted by Gasteiger charge is -2.55. The van der Waals surface area contributed by atoms with E-state index in [1.165, 1.54) is 32.6 Å². The Balaban J connectivity index is 1.35. The number of hydrogen-bond acceptors (Lipinski definition) is 2. The number of piperazine rings is 1. The van der Waals surface area contributed by atoms with Crippen LogP contribution in [0.3, 0.4) is 0 Å². The highest BCUT2D eigenvalue weighted by Gasteiger charge is 2.47. The lowest BCUT2D eigenvalue weighted by Crippen LogP contribution is -2.51. The Hall–Kier alpha value is -0.0800. The molecule has 19 heavy (non-hydrogen) atoms. The van der Waals surface area contributed by atoms with E-state index in [2.05, 4.69) is 17.1 Å². The molecule has 0 radical (unpaired) electrons. The molecule has 1 unspecified atom stereocenters. The van der Waals surface area contributed by atoms with Crippen molar-refractivity contribution in [3.63, 3.8) is 0 Å². The Kier molecular flexibility index (Phi) is 3.35. The van der Waals surface area contributed by atoms with Crippen LogP contribution >= 0.6 is 0 Å². The summed E-state index contributed by atoms with van der Waals surface area (Å²) in [7, 11) is 0. The molecule has 108 valence electrons. The molecule has 1 heterocycles. The molecule has 1 aliphatic heterocycles. The fourth-order valence-corrected chi connectivity index (χ4v) is 6.04. The zero-order valence-corrected chi connectivity index (χ0v) is 12.5. The third kappa shape index (κ3) is 2.35. The van der Waals surface area contributed by atoms with Gasteiger partial charge in [-0.2, -0.15) is 0 Å². The average molecular weight is 262 g/mol. The van der Waals surface area contributed by atoms with Gasteiger partial charge < -0.3 is 5.32 Å². The monoisotopic (exact) mass is 262 g/mol. The normalized spacial score (nSPS) is 49.7. The van der Waals surface area contributed by atoms with Crippen LogP contribution in [-0.4, -0.2) is 37.1 Å². The van der Waals surface area contributed by atoms with E-state index in [0.717, 1.165) is 35.6 Å². The maximum atomic E-state index is 3.51. The lowest BCUT2D eigenvalue weighted by molar-refractivity contribution is -0.0440. The van der Waals surface area contributed by atoms with Gasteiger partial charge in [-0.3, -0.25) is 4.90 Å². The molecular weight excluding hydrogens is 232 g/mol. The minimum atomic E-state index is 0.755. The van der Waals surface area contributed by atoms with E-state index in [1.807, 2.05) is 0 Å². The molecule has 0 aromatic heterocycles. The topological polar surface area (TPSA) is 15.3 Å². The second kappa shape index (κ2) is 5.04. The molecule has 4 aliphatic carbocycles. The van der Waals surface area contributed by atoms with Crippen LogP contribution in [0.15, 0.2) is 0 Å². The van der Waals surface area contributed by atoms with Crippen LogP contribution < -0.4 is 5.32 Å². The van der Waals surface area contributed by atoms with E-state index in [4.69, 9.17) is 0 Å². The molecule has 1 atom stereocenters. The van der Waals surface area contributed by atoms with Gasteiger partial charge in [0.25, 0.3) is 0 Å². The number of rotatable bonds is 3. The molecule has 1 saturated heterocycles. The zero-order valence-electron chi connectivity index (χ0n) is 12.5. The molecular formula is C17H30N2. The first-order valence-corrected chi connectivity index (χ1v) is 8.74. The third-order valence-electron chi connectivity index (χ3n) is 6.81. The molecule has 5 fully saturated rings. The summed E-state index contributed by atoms with van der Waals surface area (Å²) in [4.78, 5) is 2.74. The largest absolute Gasteiger partial charge is 0.314 e. The maximum Gasteiger partial charge on any atom is 0.0192 e. The fraction of sp³-hybridized carbons (Fsp3) is 1.00. The second-order valence-electron chi connectivity index (χ2n) is 7.97. The number of hydrogen-bond donors (Lipinski definition) is 1. The van der Waals surface area contributed by atoms with Crippen LogP contribution in [-0.2, 0) is 0 Å². The summed E-state index contributed by atoms with van der Waals surface area (Å²) < 4.78 is 0. The van der Waals surface area contributed by atoms with Crippen LogP contribution in [0.1, 0.15) is 45.4 Å². The van der Waals surface area contributed by atoms with Gasteiger partial charge >= 0.3 is 0 Å². The Bertz CT molecular complexity index is 299. The lowest BCUT2D eigenvalue weighted by atomic mass is 9.51. The molecule has 2 nitrogen and oxygen atoms in total. The summed E-state index contributed by atoms with van der Waals surface area (Å²) >= 11 is 0. The van der Waals surface area contributed by atoms with Gasteiger partial charge in [-0.1, -0.05) is 0 Å². The molecule has 5 rings (SSSR count). The quantitative estimate of drug-likeness (QED) is 0.841. The Morgan fingerprint density at radius 3 is 2.32 bits per heavy atom. The first-order valence-electron chi connectivity index (χ1n) is 8.74. The molecule has 4 saturated carbocycles. The Labute approximate surface area is 118 Å². The van der Waals surface area contributed by atoms with Crippen molar-refractivity contribution in [1.29, 1.82) is 0 Å². The summed E-state index contributed by atoms with van der Waals surface area (Å²) in [5.74, 6) is 5.60. The van der Waals surface area contributed by atoms with Crippen molar-refractivity contribution in [3.8, 4) is 0 Å². The SMILES string of the molecule is CC1CNCCN1CCC1C2CC3CC(C2)CC1C3. The van der Waals surface area contributed by atoms with Crippen molar-refractivity contribution in [2.24, 2.45) is 29.6 Å². The molecule has 0 aromatic rings. The minimum Gasteiger partial charge on any atom is -0.314 e. The van der Waals surface area contributed by atoms with Gasteiger partial charge in [0.15, 0.2) is 0 Å². The first kappa shape index (κ1) is 12.6. The molecule has 4 bridgehead atoms. The van der Waals surface area contributed by atoms with E-state index in [-0.39, 0.29) is 0 Å². The Morgan fingerprint density at radius 1 is 1.00 bits per heavy atom. The van der Waals surface area contributed by atoms with Gasteiger partial charge in [0.05, 0.1) is 0 Å². The van der Waals surface area contributed by atoms with Crippen LogP contribution in [0.5, 0.6) is 0 Å². The molecule has 2 heteroatoms. The van der Waals surface area contributed by atoms with Crippen molar-refractivity contribution in [2.75, 3.05) is 26.2 Å². The van der Waals surface area contributed by atoms with Gasteiger partial charge in [-0.25, -0.2) is 0 Å². The molecule has 5 aliphatic rings. The predicted octanol–water partition coefficient (Wildman–Crippen LogP) is 2.74. The van der Waals surface area contributed by atoms with E-state index in [1.54, 1.807) is 32.1 Å². The minimum absolute atomic E-state index is 0.755. The summed E-state index contributed by atoms with van der Waals surface area (Å²) in [5, 5.41) is 3.51. The smallest absolute Gasteiger partial charge is 0.0192 e. The molecule has 1 N–H and O–H groups in total. The van der Waals surface area contributed by atoms with Crippen molar-refractivity contribution in [3.05, 3.63) is 0 Å². The van der Waals surface area contributed by atoms with E-state index in [9.17, 15) is 0 Å². The average Bonchev–Trinajstić information content (AvgIpc) is 2.39. The molecule has 0 amide bonds. The van der Waals surface area contributed by atoms with Gasteiger partial charge in [0.1, 0.15) is 0 Å². The number of nitrogens with zero attached hydrogens (tertiary/aromatic N) is 1. The standard InChI is InChI=1S/C17H30N2/c1-12-11-18-3-5-19(12)4-2-17-15-7-13-6-14(9-15)10-16(17)8-13/h12-18H,2-11H2,1H3. The van der Waals surface area contributed by atoms with Crippen molar-refractivity contribution in [2.45, 2.75) is 51.5 Å². The van der Waals surface area contributed by atoms with Crippen molar-refractivity contribution < 1.29 is 0 Å². The fourth-order valence-electron chi connectivity index (χ4n) is 6.04. The van der Waals surface area contributed by atoms with Gasteiger partial charge in [0, 0.05) is 25.7 Å². The van der Waals surface area contributed by atoms with Crippen molar-refractivity contribution >= 4 is 0 Å². The second-order valence-corrected chi connectivity index (χ2v) is 7.97. The highest BCUT2D eigenvalue weighted by Crippen LogP contribution is 2.57. The van der Waals surface area contributed by atoms with Gasteiger partial charge in [-0.15, -0.1) is 0 Å². The third-order valence-corrected chi connectivity index (χ3v) is 6.81. The van der Waals surface area contributed by atoms with E-state index < -0.39 is 0 Å². The van der Waals surface area contributed by atoms with Crippen LogP contribution in [0.25, 0.3) is 0 Å². The highest BCUT2D eigenvalue weighted by molar-refractivity contribution is 4.98. The summed E-state index contributed by atoms with van der Waals surface area (Å²) in [6.45, 7) is 7.43. The summed E-state index contributed by atoms with van der Waals surface area (Å²) in [6, 6.07) is 0.755. The molecule has 0 aromatic carbocycles. The maximum absolute atomic E-state index is 3.51. The summed E-state index contributed by atoms with van der Waals surface area (Å²) in [6.07, 6.45) is 9.46. The number of nitrogens with one attached hydrogen (secondary N) is 1. The highest BCUT2D eigenvalue weighted by atomic mass is 15.2. The van der Waals surface area contributed by atoms with Crippen LogP contribution in [0.2, 0.25) is 0 Å². The van der Waals surface area contributed by atoms with Gasteiger partial charge in [-0.05, 0) is 81.6 Å². The Morgan fingerprint density at radius 2 is 1.68 bits per heavy atom. The van der Waals surface area contributed by atoms with Gasteiger partial charge in [0.2, 0.25) is 0 Å². The van der Waals surface area contributed by atoms with Crippen LogP contribution in [0, 0.1) is 29.6 Å².